The van der Waals surface area contributed by atoms with E-state index in [4.69, 9.17) is 4.74 Å². The van der Waals surface area contributed by atoms with Crippen molar-refractivity contribution in [2.24, 2.45) is 4.36 Å². The van der Waals surface area contributed by atoms with Gasteiger partial charge in [-0.2, -0.15) is 4.36 Å². The largest absolute Gasteiger partial charge is 0.497 e. The highest BCUT2D eigenvalue weighted by molar-refractivity contribution is 7.95. The summed E-state index contributed by atoms with van der Waals surface area (Å²) >= 11 is 0. The maximum atomic E-state index is 11.8. The number of benzene rings is 1. The molecule has 1 aliphatic heterocycles. The van der Waals surface area contributed by atoms with Crippen molar-refractivity contribution < 1.29 is 8.95 Å². The first-order chi connectivity index (χ1) is 6.72. The Morgan fingerprint density at radius 1 is 1.29 bits per heavy atom. The minimum absolute atomic E-state index is 0.749. The van der Waals surface area contributed by atoms with Gasteiger partial charge in [-0.15, -0.1) is 0 Å². The van der Waals surface area contributed by atoms with Gasteiger partial charge in [-0.05, 0) is 30.7 Å². The summed E-state index contributed by atoms with van der Waals surface area (Å²) in [5.41, 5.74) is 0.788. The van der Waals surface area contributed by atoms with E-state index >= 15 is 0 Å². The second kappa shape index (κ2) is 3.61. The number of hydrogen-bond acceptors (Lipinski definition) is 3. The van der Waals surface area contributed by atoms with Gasteiger partial charge in [-0.25, -0.2) is 4.21 Å². The molecule has 0 amide bonds. The fourth-order valence-electron chi connectivity index (χ4n) is 1.32. The lowest BCUT2D eigenvalue weighted by Gasteiger charge is -2.17. The maximum Gasteiger partial charge on any atom is 0.119 e. The van der Waals surface area contributed by atoms with Gasteiger partial charge in [0.2, 0.25) is 0 Å². The average molecular weight is 211 g/mol. The molecule has 0 bridgehead atoms. The van der Waals surface area contributed by atoms with Gasteiger partial charge in [-0.1, -0.05) is 0 Å². The van der Waals surface area contributed by atoms with Crippen LogP contribution in [0.25, 0.3) is 0 Å². The summed E-state index contributed by atoms with van der Waals surface area (Å²) in [6.45, 7) is 0. The molecule has 0 aliphatic carbocycles. The quantitative estimate of drug-likeness (QED) is 0.752. The SMILES string of the molecule is COc1ccc(N=S2(=O)CCC2)cc1. The summed E-state index contributed by atoms with van der Waals surface area (Å²) in [5, 5.41) is 0. The number of ether oxygens (including phenoxy) is 1. The molecule has 1 aromatic rings. The van der Waals surface area contributed by atoms with Crippen molar-refractivity contribution in [1.82, 2.24) is 0 Å². The molecule has 1 aliphatic rings. The molecule has 0 radical (unpaired) electrons. The molecule has 1 fully saturated rings. The second-order valence-electron chi connectivity index (χ2n) is 3.32. The van der Waals surface area contributed by atoms with Crippen LogP contribution in [0.2, 0.25) is 0 Å². The van der Waals surface area contributed by atoms with Gasteiger partial charge in [0.1, 0.15) is 5.75 Å². The van der Waals surface area contributed by atoms with Crippen molar-refractivity contribution in [1.29, 1.82) is 0 Å². The highest BCUT2D eigenvalue weighted by Crippen LogP contribution is 2.23. The molecule has 3 nitrogen and oxygen atoms in total. The Hall–Kier alpha value is -1.03. The van der Waals surface area contributed by atoms with Gasteiger partial charge in [0.25, 0.3) is 0 Å². The minimum Gasteiger partial charge on any atom is -0.497 e. The topological polar surface area (TPSA) is 38.7 Å². The van der Waals surface area contributed by atoms with E-state index in [-0.39, 0.29) is 0 Å². The summed E-state index contributed by atoms with van der Waals surface area (Å²) in [7, 11) is -0.254. The van der Waals surface area contributed by atoms with E-state index < -0.39 is 9.73 Å². The van der Waals surface area contributed by atoms with Crippen LogP contribution in [0, 0.1) is 0 Å². The van der Waals surface area contributed by atoms with Crippen LogP contribution in [0.5, 0.6) is 5.75 Å². The Morgan fingerprint density at radius 3 is 2.36 bits per heavy atom. The Kier molecular flexibility index (Phi) is 2.46. The molecule has 0 spiro atoms. The first kappa shape index (κ1) is 9.52. The van der Waals surface area contributed by atoms with Gasteiger partial charge in [-0.3, -0.25) is 0 Å². The molecule has 1 heterocycles. The highest BCUT2D eigenvalue weighted by Gasteiger charge is 2.18. The van der Waals surface area contributed by atoms with Crippen molar-refractivity contribution in [3.8, 4) is 5.75 Å². The zero-order valence-corrected chi connectivity index (χ0v) is 8.92. The van der Waals surface area contributed by atoms with Crippen LogP contribution in [0.1, 0.15) is 6.42 Å². The summed E-state index contributed by atoms with van der Waals surface area (Å²) in [6.07, 6.45) is 1.04. The van der Waals surface area contributed by atoms with Crippen LogP contribution >= 0.6 is 0 Å². The molecule has 76 valence electrons. The lowest BCUT2D eigenvalue weighted by Crippen LogP contribution is -2.22. The fraction of sp³-hybridized carbons (Fsp3) is 0.400. The average Bonchev–Trinajstić information content (AvgIpc) is 2.17. The van der Waals surface area contributed by atoms with Crippen molar-refractivity contribution in [2.75, 3.05) is 18.6 Å². The van der Waals surface area contributed by atoms with E-state index in [9.17, 15) is 4.21 Å². The minimum atomic E-state index is -1.88. The fourth-order valence-corrected chi connectivity index (χ4v) is 2.79. The molecule has 14 heavy (non-hydrogen) atoms. The number of hydrogen-bond donors (Lipinski definition) is 0. The van der Waals surface area contributed by atoms with E-state index in [0.29, 0.717) is 0 Å². The van der Waals surface area contributed by atoms with E-state index in [1.54, 1.807) is 7.11 Å². The number of methoxy groups -OCH3 is 1. The summed E-state index contributed by atoms with van der Waals surface area (Å²) in [5.74, 6) is 2.30. The smallest absolute Gasteiger partial charge is 0.119 e. The van der Waals surface area contributed by atoms with E-state index in [1.165, 1.54) is 0 Å². The van der Waals surface area contributed by atoms with Crippen LogP contribution in [-0.2, 0) is 9.73 Å². The third-order valence-corrected chi connectivity index (χ3v) is 4.67. The van der Waals surface area contributed by atoms with Gasteiger partial charge >= 0.3 is 0 Å². The van der Waals surface area contributed by atoms with Crippen LogP contribution < -0.4 is 4.74 Å². The second-order valence-corrected chi connectivity index (χ2v) is 5.87. The van der Waals surface area contributed by atoms with Crippen molar-refractivity contribution in [3.05, 3.63) is 24.3 Å². The molecule has 0 aromatic heterocycles. The molecule has 4 heteroatoms. The molecular weight excluding hydrogens is 198 g/mol. The molecule has 0 saturated carbocycles. The molecular formula is C10H13NO2S. The highest BCUT2D eigenvalue weighted by atomic mass is 32.2. The van der Waals surface area contributed by atoms with Crippen molar-refractivity contribution in [2.45, 2.75) is 6.42 Å². The number of rotatable bonds is 2. The Morgan fingerprint density at radius 2 is 1.93 bits per heavy atom. The zero-order valence-electron chi connectivity index (χ0n) is 8.10. The van der Waals surface area contributed by atoms with Crippen LogP contribution in [-0.4, -0.2) is 22.8 Å². The summed E-state index contributed by atoms with van der Waals surface area (Å²) in [4.78, 5) is 0. The third kappa shape index (κ3) is 1.90. The summed E-state index contributed by atoms with van der Waals surface area (Å²) < 4.78 is 21.0. The standard InChI is InChI=1S/C10H13NO2S/c1-13-10-5-3-9(4-6-10)11-14(12)7-2-8-14/h3-6H,2,7-8H2,1H3. The van der Waals surface area contributed by atoms with Crippen LogP contribution in [0.3, 0.4) is 0 Å². The summed E-state index contributed by atoms with van der Waals surface area (Å²) in [6, 6.07) is 7.34. The van der Waals surface area contributed by atoms with Crippen molar-refractivity contribution >= 4 is 15.4 Å². The number of nitrogens with zero attached hydrogens (tertiary/aromatic N) is 1. The molecule has 0 atom stereocenters. The van der Waals surface area contributed by atoms with E-state index in [2.05, 4.69) is 4.36 Å². The van der Waals surface area contributed by atoms with Gasteiger partial charge < -0.3 is 4.74 Å². The molecule has 0 N–H and O–H groups in total. The molecule has 2 rings (SSSR count). The van der Waals surface area contributed by atoms with Gasteiger partial charge in [0.15, 0.2) is 0 Å². The molecule has 0 unspecified atom stereocenters. The Labute approximate surface area is 84.3 Å². The predicted molar refractivity (Wildman–Crippen MR) is 57.6 cm³/mol. The lowest BCUT2D eigenvalue weighted by molar-refractivity contribution is 0.415. The monoisotopic (exact) mass is 211 g/mol. The first-order valence-electron chi connectivity index (χ1n) is 4.58. The zero-order chi connectivity index (χ0) is 10.0. The van der Waals surface area contributed by atoms with Crippen LogP contribution in [0.4, 0.5) is 5.69 Å². The third-order valence-electron chi connectivity index (χ3n) is 2.27. The predicted octanol–water partition coefficient (Wildman–Crippen LogP) is 2.20. The van der Waals surface area contributed by atoms with Gasteiger partial charge in [0.05, 0.1) is 22.5 Å². The maximum absolute atomic E-state index is 11.8. The Bertz CT molecular complexity index is 420. The van der Waals surface area contributed by atoms with E-state index in [1.807, 2.05) is 24.3 Å². The molecule has 1 saturated heterocycles. The Balaban J connectivity index is 2.26. The lowest BCUT2D eigenvalue weighted by atomic mass is 10.3. The molecule has 1 aromatic carbocycles. The first-order valence-corrected chi connectivity index (χ1v) is 6.44. The van der Waals surface area contributed by atoms with E-state index in [0.717, 1.165) is 29.4 Å². The van der Waals surface area contributed by atoms with Crippen LogP contribution in [0.15, 0.2) is 28.6 Å². The van der Waals surface area contributed by atoms with Crippen molar-refractivity contribution in [3.63, 3.8) is 0 Å². The van der Waals surface area contributed by atoms with Gasteiger partial charge in [0, 0.05) is 11.5 Å². The normalized spacial score (nSPS) is 18.4.